The van der Waals surface area contributed by atoms with Gasteiger partial charge in [-0.05, 0) is 45.7 Å². The number of rotatable bonds is 17. The predicted octanol–water partition coefficient (Wildman–Crippen LogP) is 7.02. The molecule has 0 fully saturated rings. The minimum absolute atomic E-state index is 0.00466. The zero-order valence-electron chi connectivity index (χ0n) is 35.1. The van der Waals surface area contributed by atoms with Gasteiger partial charge in [0, 0.05) is 89.5 Å². The van der Waals surface area contributed by atoms with Crippen molar-refractivity contribution in [3.8, 4) is 17.2 Å². The van der Waals surface area contributed by atoms with E-state index >= 15 is 0 Å². The summed E-state index contributed by atoms with van der Waals surface area (Å²) in [6.45, 7) is 0.526. The van der Waals surface area contributed by atoms with Gasteiger partial charge in [-0.2, -0.15) is 0 Å². The van der Waals surface area contributed by atoms with Crippen molar-refractivity contribution < 1.29 is 66.4 Å². The highest BCUT2D eigenvalue weighted by atomic mass is 35.5. The number of carbonyl (C=O) groups excluding carboxylic acids is 4. The third-order valence-corrected chi connectivity index (χ3v) is 12.9. The number of hydrogen-bond acceptors (Lipinski definition) is 10. The van der Waals surface area contributed by atoms with E-state index in [4.69, 9.17) is 41.7 Å². The van der Waals surface area contributed by atoms with Crippen LogP contribution in [0.1, 0.15) is 34.1 Å². The number of phosphoric acid groups is 2. The number of ether oxygens (including phenoxy) is 2. The Morgan fingerprint density at radius 1 is 0.642 bits per heavy atom. The Labute approximate surface area is 392 Å². The van der Waals surface area contributed by atoms with Crippen LogP contribution >= 0.6 is 38.8 Å². The van der Waals surface area contributed by atoms with Crippen molar-refractivity contribution in [3.05, 3.63) is 125 Å². The van der Waals surface area contributed by atoms with Gasteiger partial charge in [-0.3, -0.25) is 43.7 Å². The van der Waals surface area contributed by atoms with Crippen molar-refractivity contribution in [2.75, 3.05) is 61.0 Å². The van der Waals surface area contributed by atoms with Gasteiger partial charge >= 0.3 is 15.6 Å². The molecule has 0 spiro atoms. The Morgan fingerprint density at radius 2 is 1.13 bits per heavy atom. The maximum atomic E-state index is 14.0. The van der Waals surface area contributed by atoms with Crippen molar-refractivity contribution in [2.45, 2.75) is 11.8 Å². The summed E-state index contributed by atoms with van der Waals surface area (Å²) in [6.07, 6.45) is 8.11. The van der Waals surface area contributed by atoms with Gasteiger partial charge in [0.05, 0.1) is 31.1 Å². The predicted molar refractivity (Wildman–Crippen MR) is 252 cm³/mol. The maximum absolute atomic E-state index is 14.0. The minimum atomic E-state index is -4.98. The first-order chi connectivity index (χ1) is 32.0. The van der Waals surface area contributed by atoms with Crippen LogP contribution in [0.5, 0.6) is 17.2 Å². The summed E-state index contributed by atoms with van der Waals surface area (Å²) < 4.78 is 45.8. The second kappa shape index (κ2) is 19.8. The van der Waals surface area contributed by atoms with Gasteiger partial charge in [0.1, 0.15) is 23.9 Å². The van der Waals surface area contributed by atoms with E-state index in [0.717, 1.165) is 16.0 Å². The highest BCUT2D eigenvalue weighted by Gasteiger charge is 2.36. The summed E-state index contributed by atoms with van der Waals surface area (Å²) in [5, 5.41) is 2.16. The highest BCUT2D eigenvalue weighted by Crippen LogP contribution is 2.51. The first-order valence-corrected chi connectivity index (χ1v) is 24.8. The maximum Gasteiger partial charge on any atom is 0.524 e. The number of benzene rings is 5. The number of halogens is 2. The molecule has 0 aromatic heterocycles. The summed E-state index contributed by atoms with van der Waals surface area (Å²) in [5.74, 6) is -1.98. The SMILES string of the molecule is O=C1C=CC(=O)N1CCOCCOc1cc(/C=C/C(=O)N2C[C@@H](CCl)c3c2cc(OP(=O)(O)O)c2ccccc32)ccc1/C=C/C(=O)N1CC(CCl)c2c1cc(OP(=O)(O)O)c1ccccc21. The molecule has 348 valence electrons. The van der Waals surface area contributed by atoms with Gasteiger partial charge in [-0.15, -0.1) is 23.2 Å². The molecular weight excluding hydrogens is 951 g/mol. The second-order valence-corrected chi connectivity index (χ2v) is 18.5. The molecule has 3 aliphatic rings. The normalized spacial score (nSPS) is 17.1. The molecule has 67 heavy (non-hydrogen) atoms. The van der Waals surface area contributed by atoms with Crippen molar-refractivity contribution in [1.82, 2.24) is 4.90 Å². The van der Waals surface area contributed by atoms with Crippen molar-refractivity contribution >= 4 is 108 Å². The molecule has 0 radical (unpaired) electrons. The Kier molecular flexibility index (Phi) is 14.1. The number of carbonyl (C=O) groups is 4. The zero-order chi connectivity index (χ0) is 47.6. The molecule has 0 saturated heterocycles. The molecule has 4 N–H and O–H groups in total. The molecule has 21 heteroatoms. The lowest BCUT2D eigenvalue weighted by atomic mass is 9.95. The molecule has 5 aromatic carbocycles. The third-order valence-electron chi connectivity index (χ3n) is 11.3. The molecule has 2 atom stereocenters. The third kappa shape index (κ3) is 10.5. The zero-order valence-corrected chi connectivity index (χ0v) is 38.4. The highest BCUT2D eigenvalue weighted by molar-refractivity contribution is 7.47. The molecule has 8 rings (SSSR count). The topological polar surface area (TPSA) is 230 Å². The average molecular weight is 993 g/mol. The molecule has 0 saturated carbocycles. The Bertz CT molecular complexity index is 2990. The molecule has 3 heterocycles. The van der Waals surface area contributed by atoms with Gasteiger partial charge in [-0.25, -0.2) is 9.13 Å². The van der Waals surface area contributed by atoms with E-state index in [1.54, 1.807) is 72.8 Å². The first kappa shape index (κ1) is 47.6. The van der Waals surface area contributed by atoms with Crippen LogP contribution in [0.25, 0.3) is 33.7 Å². The van der Waals surface area contributed by atoms with Crippen LogP contribution < -0.4 is 23.6 Å². The van der Waals surface area contributed by atoms with Crippen LogP contribution in [0.3, 0.4) is 0 Å². The van der Waals surface area contributed by atoms with E-state index in [1.807, 2.05) is 0 Å². The van der Waals surface area contributed by atoms with Crippen LogP contribution in [-0.4, -0.2) is 99.3 Å². The van der Waals surface area contributed by atoms with Gasteiger partial charge in [0.15, 0.2) is 0 Å². The number of hydrogen-bond donors (Lipinski definition) is 4. The lowest BCUT2D eigenvalue weighted by Crippen LogP contribution is -2.33. The van der Waals surface area contributed by atoms with Gasteiger partial charge in [0.25, 0.3) is 23.6 Å². The van der Waals surface area contributed by atoms with Crippen LogP contribution in [0.15, 0.2) is 103 Å². The van der Waals surface area contributed by atoms with E-state index in [9.17, 15) is 47.9 Å². The van der Waals surface area contributed by atoms with E-state index in [1.165, 1.54) is 52.3 Å². The van der Waals surface area contributed by atoms with Crippen molar-refractivity contribution in [3.63, 3.8) is 0 Å². The fraction of sp³-hybridized carbons (Fsp3) is 0.217. The van der Waals surface area contributed by atoms with Crippen molar-refractivity contribution in [1.29, 1.82) is 0 Å². The Balaban J connectivity index is 1.05. The summed E-state index contributed by atoms with van der Waals surface area (Å²) in [4.78, 5) is 94.5. The van der Waals surface area contributed by atoms with E-state index in [2.05, 4.69) is 0 Å². The van der Waals surface area contributed by atoms with Gasteiger partial charge < -0.3 is 28.3 Å². The lowest BCUT2D eigenvalue weighted by molar-refractivity contribution is -0.137. The van der Waals surface area contributed by atoms with Crippen LogP contribution in [0.2, 0.25) is 0 Å². The van der Waals surface area contributed by atoms with Crippen molar-refractivity contribution in [2.24, 2.45) is 0 Å². The van der Waals surface area contributed by atoms with E-state index in [0.29, 0.717) is 49.8 Å². The number of imide groups is 1. The van der Waals surface area contributed by atoms with Gasteiger partial charge in [0.2, 0.25) is 0 Å². The van der Waals surface area contributed by atoms with E-state index in [-0.39, 0.29) is 74.5 Å². The van der Waals surface area contributed by atoms with E-state index < -0.39 is 39.3 Å². The second-order valence-electron chi connectivity index (χ2n) is 15.6. The monoisotopic (exact) mass is 991 g/mol. The quantitative estimate of drug-likeness (QED) is 0.0241. The Hall–Kier alpha value is -5.84. The number of amides is 4. The fourth-order valence-corrected chi connectivity index (χ4v) is 9.77. The van der Waals surface area contributed by atoms with Crippen LogP contribution in [0.4, 0.5) is 11.4 Å². The molecule has 0 aliphatic carbocycles. The molecule has 1 unspecified atom stereocenters. The molecule has 4 amide bonds. The standard InChI is InChI=1S/C46H41Cl2N3O14P2/c47-24-30-26-50(36-22-39(64-66(56,57)58)32-5-1-3-7-34(32)45(30)36)43(54)13-10-28-9-11-29(38(21-28)63-20-19-62-18-17-49-41(52)15-16-42(49)53)12-14-44(55)51-27-31(25-48)46-35-8-4-2-6-33(35)40(23-37(46)51)65-67(59,60)61/h1-16,21-23,30-31H,17-20,24-27H2,(H2,56,57,58)(H2,59,60,61)/b13-10+,14-12+/t30-,31?/m1/s1. The van der Waals surface area contributed by atoms with Gasteiger partial charge in [-0.1, -0.05) is 60.7 Å². The lowest BCUT2D eigenvalue weighted by Gasteiger charge is -2.18. The molecule has 17 nitrogen and oxygen atoms in total. The average Bonchev–Trinajstić information content (AvgIpc) is 3.97. The Morgan fingerprint density at radius 3 is 1.63 bits per heavy atom. The first-order valence-electron chi connectivity index (χ1n) is 20.6. The van der Waals surface area contributed by atoms with Crippen LogP contribution in [0, 0.1) is 0 Å². The molecular formula is C46H41Cl2N3O14P2. The smallest absolute Gasteiger partial charge is 0.491 e. The number of nitrogens with zero attached hydrogens (tertiary/aromatic N) is 3. The number of fused-ring (bicyclic) bond motifs is 6. The van der Waals surface area contributed by atoms with Crippen LogP contribution in [-0.2, 0) is 33.0 Å². The minimum Gasteiger partial charge on any atom is -0.491 e. The summed E-state index contributed by atoms with van der Waals surface area (Å²) >= 11 is 12.8. The molecule has 0 bridgehead atoms. The number of alkyl halides is 2. The molecule has 5 aromatic rings. The number of anilines is 2. The number of phosphoric ester groups is 2. The summed E-state index contributed by atoms with van der Waals surface area (Å²) in [5.41, 5.74) is 3.22. The summed E-state index contributed by atoms with van der Waals surface area (Å²) in [6, 6.07) is 21.7. The largest absolute Gasteiger partial charge is 0.524 e. The fourth-order valence-electron chi connectivity index (χ4n) is 8.45. The molecule has 3 aliphatic heterocycles. The summed E-state index contributed by atoms with van der Waals surface area (Å²) in [7, 11) is -9.95.